The van der Waals surface area contributed by atoms with Crippen LogP contribution in [0.25, 0.3) is 22.0 Å². The lowest BCUT2D eigenvalue weighted by Crippen LogP contribution is -2.35. The molecule has 1 aliphatic rings. The maximum atomic E-state index is 12.0. The third-order valence-corrected chi connectivity index (χ3v) is 5.51. The molecule has 0 atom stereocenters. The van der Waals surface area contributed by atoms with Gasteiger partial charge in [0.2, 0.25) is 0 Å². The van der Waals surface area contributed by atoms with Crippen LogP contribution in [-0.2, 0) is 4.79 Å². The molecule has 3 aromatic rings. The third kappa shape index (κ3) is 7.01. The van der Waals surface area contributed by atoms with E-state index in [4.69, 9.17) is 14.6 Å². The first-order chi connectivity index (χ1) is 16.1. The van der Waals surface area contributed by atoms with Gasteiger partial charge in [-0.3, -0.25) is 9.69 Å². The standard InChI is InChI=1S/C21H24N4O2.C2HF3O2/c1-15-7-9-25(10-8-15)11-12-27-18-4-2-3-16(13-18)17-5-6-20-19(14-17)21(26)23-24-22-20;3-2(4,5)1(6)7/h2-6,13-15H,7-12H2,1H3,(H,22,23,26);(H,6,7). The number of nitrogens with zero attached hydrogens (tertiary/aromatic N) is 3. The van der Waals surface area contributed by atoms with Crippen molar-refractivity contribution in [2.75, 3.05) is 26.2 Å². The predicted molar refractivity (Wildman–Crippen MR) is 120 cm³/mol. The molecule has 34 heavy (non-hydrogen) atoms. The minimum Gasteiger partial charge on any atom is -0.492 e. The van der Waals surface area contributed by atoms with Crippen molar-refractivity contribution in [3.8, 4) is 16.9 Å². The number of nitrogens with one attached hydrogen (secondary N) is 1. The number of likely N-dealkylation sites (tertiary alicyclic amines) is 1. The number of hydrogen-bond acceptors (Lipinski definition) is 6. The molecule has 1 aliphatic heterocycles. The minimum absolute atomic E-state index is 0.231. The van der Waals surface area contributed by atoms with Crippen LogP contribution >= 0.6 is 0 Å². The van der Waals surface area contributed by atoms with E-state index >= 15 is 0 Å². The first-order valence-corrected chi connectivity index (χ1v) is 10.7. The second-order valence-electron chi connectivity index (χ2n) is 8.08. The Morgan fingerprint density at radius 2 is 1.85 bits per heavy atom. The Labute approximate surface area is 193 Å². The zero-order valence-electron chi connectivity index (χ0n) is 18.5. The number of hydrogen-bond donors (Lipinski definition) is 2. The molecule has 2 aromatic carbocycles. The maximum Gasteiger partial charge on any atom is 0.490 e. The van der Waals surface area contributed by atoms with E-state index in [2.05, 4.69) is 27.2 Å². The summed E-state index contributed by atoms with van der Waals surface area (Å²) in [6, 6.07) is 13.6. The molecule has 4 rings (SSSR count). The van der Waals surface area contributed by atoms with Gasteiger partial charge in [-0.25, -0.2) is 9.89 Å². The largest absolute Gasteiger partial charge is 0.492 e. The molecular weight excluding hydrogens is 453 g/mol. The molecule has 0 aliphatic carbocycles. The molecule has 1 saturated heterocycles. The van der Waals surface area contributed by atoms with Crippen LogP contribution in [0.15, 0.2) is 47.3 Å². The van der Waals surface area contributed by atoms with Gasteiger partial charge in [-0.15, -0.1) is 5.10 Å². The lowest BCUT2D eigenvalue weighted by Gasteiger charge is -2.29. The second-order valence-corrected chi connectivity index (χ2v) is 8.08. The Kier molecular flexibility index (Phi) is 8.21. The van der Waals surface area contributed by atoms with Crippen LogP contribution in [0.2, 0.25) is 0 Å². The molecular formula is C23H25F3N4O4. The summed E-state index contributed by atoms with van der Waals surface area (Å²) in [7, 11) is 0. The molecule has 0 saturated carbocycles. The molecule has 0 spiro atoms. The van der Waals surface area contributed by atoms with E-state index in [1.165, 1.54) is 25.9 Å². The van der Waals surface area contributed by atoms with E-state index in [0.29, 0.717) is 17.5 Å². The van der Waals surface area contributed by atoms with Crippen LogP contribution in [0.1, 0.15) is 19.8 Å². The number of alkyl halides is 3. The highest BCUT2D eigenvalue weighted by Gasteiger charge is 2.38. The number of halogens is 3. The Bertz CT molecular complexity index is 1170. The zero-order chi connectivity index (χ0) is 24.7. The summed E-state index contributed by atoms with van der Waals surface area (Å²) >= 11 is 0. The Morgan fingerprint density at radius 1 is 1.18 bits per heavy atom. The summed E-state index contributed by atoms with van der Waals surface area (Å²) in [6.45, 7) is 6.30. The van der Waals surface area contributed by atoms with E-state index in [1.54, 1.807) is 0 Å². The van der Waals surface area contributed by atoms with E-state index < -0.39 is 12.1 Å². The highest BCUT2D eigenvalue weighted by atomic mass is 19.4. The minimum atomic E-state index is -5.08. The van der Waals surface area contributed by atoms with Crippen molar-refractivity contribution < 1.29 is 27.8 Å². The summed E-state index contributed by atoms with van der Waals surface area (Å²) in [6.07, 6.45) is -2.53. The quantitative estimate of drug-likeness (QED) is 0.575. The van der Waals surface area contributed by atoms with Crippen molar-refractivity contribution in [2.45, 2.75) is 25.9 Å². The lowest BCUT2D eigenvalue weighted by molar-refractivity contribution is -0.192. The number of aromatic amines is 1. The van der Waals surface area contributed by atoms with Gasteiger partial charge in [0.25, 0.3) is 5.56 Å². The predicted octanol–water partition coefficient (Wildman–Crippen LogP) is 3.73. The molecule has 2 N–H and O–H groups in total. The van der Waals surface area contributed by atoms with Crippen LogP contribution in [0.4, 0.5) is 13.2 Å². The van der Waals surface area contributed by atoms with E-state index in [-0.39, 0.29) is 5.56 Å². The number of H-pyrrole nitrogens is 1. The van der Waals surface area contributed by atoms with Crippen molar-refractivity contribution in [3.63, 3.8) is 0 Å². The van der Waals surface area contributed by atoms with Gasteiger partial charge in [0.15, 0.2) is 0 Å². The molecule has 1 fully saturated rings. The fourth-order valence-corrected chi connectivity index (χ4v) is 3.51. The van der Waals surface area contributed by atoms with Gasteiger partial charge >= 0.3 is 12.1 Å². The van der Waals surface area contributed by atoms with Crippen LogP contribution in [0.3, 0.4) is 0 Å². The summed E-state index contributed by atoms with van der Waals surface area (Å²) < 4.78 is 37.7. The number of carboxylic acid groups (broad SMARTS) is 1. The average molecular weight is 478 g/mol. The molecule has 182 valence electrons. The molecule has 0 unspecified atom stereocenters. The first kappa shape index (κ1) is 25.2. The molecule has 0 bridgehead atoms. The van der Waals surface area contributed by atoms with Gasteiger partial charge in [0.1, 0.15) is 17.9 Å². The summed E-state index contributed by atoms with van der Waals surface area (Å²) in [5.74, 6) is -1.06. The monoisotopic (exact) mass is 478 g/mol. The highest BCUT2D eigenvalue weighted by molar-refractivity contribution is 5.83. The third-order valence-electron chi connectivity index (χ3n) is 5.51. The van der Waals surface area contributed by atoms with E-state index in [9.17, 15) is 18.0 Å². The van der Waals surface area contributed by atoms with E-state index in [0.717, 1.165) is 29.3 Å². The fraction of sp³-hybridized carbons (Fsp3) is 0.391. The van der Waals surface area contributed by atoms with Gasteiger partial charge in [0.05, 0.1) is 5.39 Å². The van der Waals surface area contributed by atoms with Crippen LogP contribution in [0, 0.1) is 5.92 Å². The fourth-order valence-electron chi connectivity index (χ4n) is 3.51. The number of piperidine rings is 1. The van der Waals surface area contributed by atoms with Crippen molar-refractivity contribution in [3.05, 3.63) is 52.8 Å². The molecule has 0 radical (unpaired) electrons. The number of fused-ring (bicyclic) bond motifs is 1. The topological polar surface area (TPSA) is 108 Å². The van der Waals surface area contributed by atoms with Crippen LogP contribution in [-0.4, -0.2) is 63.8 Å². The smallest absolute Gasteiger partial charge is 0.490 e. The Morgan fingerprint density at radius 3 is 2.53 bits per heavy atom. The summed E-state index contributed by atoms with van der Waals surface area (Å²) in [5, 5.41) is 17.6. The Hall–Kier alpha value is -3.47. The van der Waals surface area contributed by atoms with Crippen molar-refractivity contribution in [1.29, 1.82) is 0 Å². The maximum absolute atomic E-state index is 12.0. The lowest BCUT2D eigenvalue weighted by atomic mass is 9.99. The van der Waals surface area contributed by atoms with Crippen molar-refractivity contribution in [2.24, 2.45) is 5.92 Å². The van der Waals surface area contributed by atoms with Gasteiger partial charge in [-0.1, -0.05) is 30.3 Å². The molecule has 2 heterocycles. The number of ether oxygens (including phenoxy) is 1. The van der Waals surface area contributed by atoms with Crippen LogP contribution in [0.5, 0.6) is 5.75 Å². The number of carbonyl (C=O) groups is 1. The SMILES string of the molecule is CC1CCN(CCOc2cccc(-c3ccc4nn[nH]c(=O)c4c3)c2)CC1.O=C(O)C(F)(F)F. The van der Waals surface area contributed by atoms with Gasteiger partial charge in [-0.2, -0.15) is 13.2 Å². The normalized spacial score (nSPS) is 14.9. The number of benzene rings is 2. The number of carboxylic acids is 1. The number of aromatic nitrogens is 3. The molecule has 1 aromatic heterocycles. The zero-order valence-corrected chi connectivity index (χ0v) is 18.5. The van der Waals surface area contributed by atoms with Gasteiger partial charge in [-0.05, 0) is 67.2 Å². The Balaban J connectivity index is 0.000000406. The number of aliphatic carboxylic acids is 1. The molecule has 11 heteroatoms. The van der Waals surface area contributed by atoms with Gasteiger partial charge < -0.3 is 9.84 Å². The average Bonchev–Trinajstić information content (AvgIpc) is 2.80. The molecule has 8 nitrogen and oxygen atoms in total. The summed E-state index contributed by atoms with van der Waals surface area (Å²) in [4.78, 5) is 23.3. The van der Waals surface area contributed by atoms with E-state index in [1.807, 2.05) is 42.5 Å². The van der Waals surface area contributed by atoms with Crippen molar-refractivity contribution in [1.82, 2.24) is 20.3 Å². The second kappa shape index (κ2) is 11.1. The van der Waals surface area contributed by atoms with Crippen molar-refractivity contribution >= 4 is 16.9 Å². The molecule has 0 amide bonds. The van der Waals surface area contributed by atoms with Crippen LogP contribution < -0.4 is 10.3 Å². The highest BCUT2D eigenvalue weighted by Crippen LogP contribution is 2.25. The first-order valence-electron chi connectivity index (χ1n) is 10.7. The summed E-state index contributed by atoms with van der Waals surface area (Å²) in [5.41, 5.74) is 2.32. The van der Waals surface area contributed by atoms with Gasteiger partial charge in [0, 0.05) is 6.54 Å². The number of rotatable bonds is 5.